The van der Waals surface area contributed by atoms with E-state index < -0.39 is 0 Å². The second-order valence-electron chi connectivity index (χ2n) is 6.02. The van der Waals surface area contributed by atoms with E-state index in [1.165, 1.54) is 4.68 Å². The van der Waals surface area contributed by atoms with Crippen LogP contribution in [0.25, 0.3) is 5.69 Å². The van der Waals surface area contributed by atoms with Crippen molar-refractivity contribution in [2.75, 3.05) is 12.4 Å². The van der Waals surface area contributed by atoms with Crippen molar-refractivity contribution >= 4 is 11.6 Å². The van der Waals surface area contributed by atoms with Crippen LogP contribution in [-0.4, -0.2) is 22.4 Å². The summed E-state index contributed by atoms with van der Waals surface area (Å²) in [6.45, 7) is 2.29. The Morgan fingerprint density at radius 2 is 1.73 bits per heavy atom. The molecule has 0 aliphatic heterocycles. The Kier molecular flexibility index (Phi) is 5.04. The van der Waals surface area contributed by atoms with E-state index in [4.69, 9.17) is 4.74 Å². The van der Waals surface area contributed by atoms with Crippen molar-refractivity contribution in [1.29, 1.82) is 0 Å². The Balaban J connectivity index is 1.91. The van der Waals surface area contributed by atoms with Gasteiger partial charge in [-0.05, 0) is 36.8 Å². The Bertz CT molecular complexity index is 970. The minimum Gasteiger partial charge on any atom is -0.380 e. The van der Waals surface area contributed by atoms with Crippen molar-refractivity contribution in [2.24, 2.45) is 7.05 Å². The van der Waals surface area contributed by atoms with E-state index in [-0.39, 0.29) is 17.2 Å². The van der Waals surface area contributed by atoms with Crippen LogP contribution in [0.15, 0.2) is 59.4 Å². The number of nitrogens with zero attached hydrogens (tertiary/aromatic N) is 2. The van der Waals surface area contributed by atoms with Crippen molar-refractivity contribution in [3.63, 3.8) is 0 Å². The minimum absolute atomic E-state index is 0.263. The van der Waals surface area contributed by atoms with Gasteiger partial charge in [0, 0.05) is 19.7 Å². The lowest BCUT2D eigenvalue weighted by Gasteiger charge is -2.07. The quantitative estimate of drug-likeness (QED) is 0.769. The summed E-state index contributed by atoms with van der Waals surface area (Å²) < 4.78 is 8.33. The number of nitrogens with one attached hydrogen (secondary N) is 1. The largest absolute Gasteiger partial charge is 0.380 e. The third kappa shape index (κ3) is 3.32. The molecule has 0 fully saturated rings. The predicted molar refractivity (Wildman–Crippen MR) is 101 cm³/mol. The van der Waals surface area contributed by atoms with Crippen LogP contribution >= 0.6 is 0 Å². The number of anilines is 1. The molecular weight excluding hydrogens is 330 g/mol. The van der Waals surface area contributed by atoms with Gasteiger partial charge in [0.2, 0.25) is 0 Å². The van der Waals surface area contributed by atoms with Crippen LogP contribution in [0.2, 0.25) is 0 Å². The van der Waals surface area contributed by atoms with E-state index in [9.17, 15) is 9.59 Å². The highest BCUT2D eigenvalue weighted by molar-refractivity contribution is 6.04. The molecular formula is C20H21N3O3. The van der Waals surface area contributed by atoms with Crippen molar-refractivity contribution in [3.8, 4) is 5.69 Å². The molecule has 0 aliphatic rings. The summed E-state index contributed by atoms with van der Waals surface area (Å²) in [5.74, 6) is -0.319. The van der Waals surface area contributed by atoms with Crippen LogP contribution in [-0.2, 0) is 18.4 Å². The van der Waals surface area contributed by atoms with Gasteiger partial charge in [-0.25, -0.2) is 4.68 Å². The van der Waals surface area contributed by atoms with Crippen molar-refractivity contribution in [2.45, 2.75) is 13.5 Å². The predicted octanol–water partition coefficient (Wildman–Crippen LogP) is 2.88. The number of amides is 1. The van der Waals surface area contributed by atoms with Gasteiger partial charge >= 0.3 is 0 Å². The standard InChI is InChI=1S/C20H21N3O3/c1-14-18(20(25)23(22(14)2)17-7-5-4-6-8-17)21-19(24)16-11-9-15(10-12-16)13-26-3/h4-12H,13H2,1-3H3,(H,21,24). The zero-order valence-corrected chi connectivity index (χ0v) is 15.0. The molecule has 1 amide bonds. The summed E-state index contributed by atoms with van der Waals surface area (Å²) in [6, 6.07) is 16.4. The summed E-state index contributed by atoms with van der Waals surface area (Å²) in [7, 11) is 3.41. The molecule has 2 aromatic carbocycles. The van der Waals surface area contributed by atoms with Gasteiger partial charge in [-0.3, -0.25) is 14.3 Å². The monoisotopic (exact) mass is 351 g/mol. The van der Waals surface area contributed by atoms with E-state index in [2.05, 4.69) is 5.32 Å². The molecule has 1 N–H and O–H groups in total. The van der Waals surface area contributed by atoms with Gasteiger partial charge in [-0.15, -0.1) is 0 Å². The number of benzene rings is 2. The zero-order chi connectivity index (χ0) is 18.7. The van der Waals surface area contributed by atoms with Crippen molar-refractivity contribution in [3.05, 3.63) is 81.8 Å². The highest BCUT2D eigenvalue weighted by Crippen LogP contribution is 2.15. The molecule has 0 saturated heterocycles. The summed E-state index contributed by atoms with van der Waals surface area (Å²) >= 11 is 0. The molecule has 0 radical (unpaired) electrons. The van der Waals surface area contributed by atoms with Gasteiger partial charge in [0.1, 0.15) is 5.69 Å². The third-order valence-electron chi connectivity index (χ3n) is 4.32. The van der Waals surface area contributed by atoms with Gasteiger partial charge in [-0.2, -0.15) is 0 Å². The first-order valence-electron chi connectivity index (χ1n) is 8.26. The number of rotatable bonds is 5. The highest BCUT2D eigenvalue weighted by atomic mass is 16.5. The lowest BCUT2D eigenvalue weighted by Crippen LogP contribution is -2.22. The maximum atomic E-state index is 12.8. The highest BCUT2D eigenvalue weighted by Gasteiger charge is 2.18. The summed E-state index contributed by atoms with van der Waals surface area (Å²) in [5, 5.41) is 2.75. The summed E-state index contributed by atoms with van der Waals surface area (Å²) in [6.07, 6.45) is 0. The molecule has 134 valence electrons. The molecule has 1 heterocycles. The summed E-state index contributed by atoms with van der Waals surface area (Å²) in [4.78, 5) is 25.4. The first kappa shape index (κ1) is 17.7. The van der Waals surface area contributed by atoms with E-state index in [1.807, 2.05) is 42.5 Å². The van der Waals surface area contributed by atoms with E-state index in [1.54, 1.807) is 37.9 Å². The minimum atomic E-state index is -0.319. The Hall–Kier alpha value is -3.12. The molecule has 0 aliphatic carbocycles. The van der Waals surface area contributed by atoms with Gasteiger partial charge in [0.05, 0.1) is 18.0 Å². The topological polar surface area (TPSA) is 65.3 Å². The second-order valence-corrected chi connectivity index (χ2v) is 6.02. The van der Waals surface area contributed by atoms with Gasteiger partial charge in [0.15, 0.2) is 0 Å². The number of para-hydroxylation sites is 1. The smallest absolute Gasteiger partial charge is 0.295 e. The van der Waals surface area contributed by atoms with Crippen LogP contribution in [0, 0.1) is 6.92 Å². The number of hydrogen-bond acceptors (Lipinski definition) is 3. The average Bonchev–Trinajstić information content (AvgIpc) is 2.86. The van der Waals surface area contributed by atoms with Crippen molar-refractivity contribution in [1.82, 2.24) is 9.36 Å². The molecule has 3 rings (SSSR count). The molecule has 6 nitrogen and oxygen atoms in total. The molecule has 0 saturated carbocycles. The fraction of sp³-hybridized carbons (Fsp3) is 0.200. The van der Waals surface area contributed by atoms with Crippen LogP contribution in [0.1, 0.15) is 21.6 Å². The number of aromatic nitrogens is 2. The fourth-order valence-corrected chi connectivity index (χ4v) is 2.82. The Labute approximate surface area is 151 Å². The maximum Gasteiger partial charge on any atom is 0.295 e. The number of carbonyl (C=O) groups excluding carboxylic acids is 1. The van der Waals surface area contributed by atoms with E-state index in [0.717, 1.165) is 11.3 Å². The van der Waals surface area contributed by atoms with Crippen LogP contribution < -0.4 is 10.9 Å². The lowest BCUT2D eigenvalue weighted by atomic mass is 10.1. The average molecular weight is 351 g/mol. The normalized spacial score (nSPS) is 10.7. The molecule has 26 heavy (non-hydrogen) atoms. The number of carbonyl (C=O) groups is 1. The first-order valence-corrected chi connectivity index (χ1v) is 8.26. The second kappa shape index (κ2) is 7.41. The van der Waals surface area contributed by atoms with Crippen LogP contribution in [0.4, 0.5) is 5.69 Å². The van der Waals surface area contributed by atoms with Gasteiger partial charge in [0.25, 0.3) is 11.5 Å². The lowest BCUT2D eigenvalue weighted by molar-refractivity contribution is 0.102. The molecule has 1 aromatic heterocycles. The fourth-order valence-electron chi connectivity index (χ4n) is 2.82. The number of hydrogen-bond donors (Lipinski definition) is 1. The molecule has 0 unspecified atom stereocenters. The molecule has 6 heteroatoms. The number of methoxy groups -OCH3 is 1. The van der Waals surface area contributed by atoms with Gasteiger partial charge in [-0.1, -0.05) is 30.3 Å². The number of ether oxygens (including phenoxy) is 1. The molecule has 0 bridgehead atoms. The first-order chi connectivity index (χ1) is 12.5. The SMILES string of the molecule is COCc1ccc(C(=O)Nc2c(C)n(C)n(-c3ccccc3)c2=O)cc1. The van der Waals surface area contributed by atoms with E-state index >= 15 is 0 Å². The van der Waals surface area contributed by atoms with Crippen molar-refractivity contribution < 1.29 is 9.53 Å². The zero-order valence-electron chi connectivity index (χ0n) is 15.0. The molecule has 3 aromatic rings. The Morgan fingerprint density at radius 3 is 2.35 bits per heavy atom. The van der Waals surface area contributed by atoms with E-state index in [0.29, 0.717) is 17.9 Å². The maximum absolute atomic E-state index is 12.8. The molecule has 0 atom stereocenters. The Morgan fingerprint density at radius 1 is 1.08 bits per heavy atom. The van der Waals surface area contributed by atoms with Crippen LogP contribution in [0.3, 0.4) is 0 Å². The van der Waals surface area contributed by atoms with Crippen LogP contribution in [0.5, 0.6) is 0 Å². The summed E-state index contributed by atoms with van der Waals surface area (Å²) in [5.41, 5.74) is 2.91. The van der Waals surface area contributed by atoms with Gasteiger partial charge < -0.3 is 10.1 Å². The molecule has 0 spiro atoms. The third-order valence-corrected chi connectivity index (χ3v) is 4.32.